The molecule has 1 amide bonds. The Hall–Kier alpha value is -3.50. The van der Waals surface area contributed by atoms with E-state index in [1.54, 1.807) is 12.3 Å². The first-order valence-corrected chi connectivity index (χ1v) is 9.67. The molecule has 4 nitrogen and oxygen atoms in total. The Bertz CT molecular complexity index is 1160. The highest BCUT2D eigenvalue weighted by Gasteiger charge is 2.09. The molecule has 29 heavy (non-hydrogen) atoms. The van der Waals surface area contributed by atoms with Crippen LogP contribution in [0.4, 0.5) is 0 Å². The van der Waals surface area contributed by atoms with Crippen LogP contribution in [0.15, 0.2) is 85.2 Å². The second-order valence-corrected chi connectivity index (χ2v) is 7.20. The number of carbonyl (C=O) groups excluding carboxylic acids is 1. The SMILES string of the molecule is C[C@@H](NCc1cccc(-c2cncc(C(N)=O)c2)c1)c1cccc2ccccc12. The standard InChI is InChI=1S/C25H23N3O/c1-17(23-11-5-8-19-7-2-3-10-24(19)23)28-14-18-6-4-9-20(12-18)21-13-22(25(26)29)16-27-15-21/h2-13,15-17,28H,14H2,1H3,(H2,26,29)/t17-/m1/s1. The summed E-state index contributed by atoms with van der Waals surface area (Å²) in [5, 5.41) is 6.15. The van der Waals surface area contributed by atoms with E-state index in [1.807, 2.05) is 12.1 Å². The van der Waals surface area contributed by atoms with Gasteiger partial charge < -0.3 is 11.1 Å². The van der Waals surface area contributed by atoms with Crippen LogP contribution in [0.1, 0.15) is 34.5 Å². The highest BCUT2D eigenvalue weighted by molar-refractivity contribution is 5.93. The number of fused-ring (bicyclic) bond motifs is 1. The number of aromatic nitrogens is 1. The lowest BCUT2D eigenvalue weighted by molar-refractivity contribution is 0.1000. The Kier molecular flexibility index (Phi) is 5.36. The first-order chi connectivity index (χ1) is 14.1. The van der Waals surface area contributed by atoms with Crippen molar-refractivity contribution >= 4 is 16.7 Å². The van der Waals surface area contributed by atoms with Crippen LogP contribution in [0.5, 0.6) is 0 Å². The van der Waals surface area contributed by atoms with Crippen molar-refractivity contribution < 1.29 is 4.79 Å². The summed E-state index contributed by atoms with van der Waals surface area (Å²) >= 11 is 0. The fourth-order valence-corrected chi connectivity index (χ4v) is 3.60. The van der Waals surface area contributed by atoms with Crippen LogP contribution in [0.3, 0.4) is 0 Å². The molecule has 0 aliphatic heterocycles. The smallest absolute Gasteiger partial charge is 0.250 e. The van der Waals surface area contributed by atoms with E-state index in [9.17, 15) is 4.79 Å². The predicted molar refractivity (Wildman–Crippen MR) is 117 cm³/mol. The summed E-state index contributed by atoms with van der Waals surface area (Å²) < 4.78 is 0. The lowest BCUT2D eigenvalue weighted by Gasteiger charge is -2.17. The minimum Gasteiger partial charge on any atom is -0.366 e. The number of carbonyl (C=O) groups is 1. The van der Waals surface area contributed by atoms with Gasteiger partial charge in [-0.1, -0.05) is 60.7 Å². The summed E-state index contributed by atoms with van der Waals surface area (Å²) in [6.07, 6.45) is 3.24. The molecule has 4 aromatic rings. The van der Waals surface area contributed by atoms with Gasteiger partial charge in [0.1, 0.15) is 0 Å². The van der Waals surface area contributed by atoms with Gasteiger partial charge >= 0.3 is 0 Å². The van der Waals surface area contributed by atoms with E-state index in [0.29, 0.717) is 5.56 Å². The van der Waals surface area contributed by atoms with E-state index >= 15 is 0 Å². The number of pyridine rings is 1. The van der Waals surface area contributed by atoms with E-state index in [0.717, 1.165) is 17.7 Å². The number of nitrogens with two attached hydrogens (primary N) is 1. The summed E-state index contributed by atoms with van der Waals surface area (Å²) in [6.45, 7) is 2.92. The van der Waals surface area contributed by atoms with Crippen molar-refractivity contribution in [2.45, 2.75) is 19.5 Å². The maximum absolute atomic E-state index is 11.4. The Balaban J connectivity index is 1.53. The van der Waals surface area contributed by atoms with Gasteiger partial charge in [0.25, 0.3) is 0 Å². The van der Waals surface area contributed by atoms with Crippen LogP contribution in [0.2, 0.25) is 0 Å². The van der Waals surface area contributed by atoms with Gasteiger partial charge in [-0.25, -0.2) is 0 Å². The van der Waals surface area contributed by atoms with E-state index in [4.69, 9.17) is 5.73 Å². The number of amides is 1. The van der Waals surface area contributed by atoms with Gasteiger partial charge in [-0.05, 0) is 46.5 Å². The van der Waals surface area contributed by atoms with Crippen LogP contribution >= 0.6 is 0 Å². The minimum atomic E-state index is -0.471. The van der Waals surface area contributed by atoms with Crippen LogP contribution < -0.4 is 11.1 Å². The van der Waals surface area contributed by atoms with Crippen molar-refractivity contribution in [2.24, 2.45) is 5.73 Å². The highest BCUT2D eigenvalue weighted by atomic mass is 16.1. The van der Waals surface area contributed by atoms with Gasteiger partial charge in [0.2, 0.25) is 5.91 Å². The molecule has 144 valence electrons. The number of nitrogens with zero attached hydrogens (tertiary/aromatic N) is 1. The van der Waals surface area contributed by atoms with Crippen molar-refractivity contribution in [3.8, 4) is 11.1 Å². The van der Waals surface area contributed by atoms with Gasteiger partial charge in [0.05, 0.1) is 5.56 Å². The van der Waals surface area contributed by atoms with Crippen LogP contribution in [0, 0.1) is 0 Å². The summed E-state index contributed by atoms with van der Waals surface area (Å²) in [7, 11) is 0. The molecule has 3 aromatic carbocycles. The third kappa shape index (κ3) is 4.18. The molecule has 4 rings (SSSR count). The number of hydrogen-bond acceptors (Lipinski definition) is 3. The first-order valence-electron chi connectivity index (χ1n) is 9.67. The molecule has 0 bridgehead atoms. The van der Waals surface area contributed by atoms with Crippen LogP contribution in [-0.4, -0.2) is 10.9 Å². The average molecular weight is 381 g/mol. The van der Waals surface area contributed by atoms with E-state index in [2.05, 4.69) is 71.8 Å². The zero-order valence-corrected chi connectivity index (χ0v) is 16.3. The number of rotatable bonds is 6. The van der Waals surface area contributed by atoms with E-state index in [-0.39, 0.29) is 6.04 Å². The molecule has 0 unspecified atom stereocenters. The number of benzene rings is 3. The monoisotopic (exact) mass is 381 g/mol. The van der Waals surface area contributed by atoms with Crippen molar-refractivity contribution in [3.63, 3.8) is 0 Å². The molecule has 1 aromatic heterocycles. The molecular weight excluding hydrogens is 358 g/mol. The van der Waals surface area contributed by atoms with Crippen molar-refractivity contribution in [1.29, 1.82) is 0 Å². The minimum absolute atomic E-state index is 0.213. The van der Waals surface area contributed by atoms with Gasteiger partial charge in [0.15, 0.2) is 0 Å². The van der Waals surface area contributed by atoms with Crippen molar-refractivity contribution in [2.75, 3.05) is 0 Å². The summed E-state index contributed by atoms with van der Waals surface area (Å²) in [4.78, 5) is 15.6. The Morgan fingerprint density at radius 1 is 0.966 bits per heavy atom. The van der Waals surface area contributed by atoms with Crippen molar-refractivity contribution in [3.05, 3.63) is 102 Å². The predicted octanol–water partition coefficient (Wildman–Crippen LogP) is 4.85. The lowest BCUT2D eigenvalue weighted by Crippen LogP contribution is -2.18. The second-order valence-electron chi connectivity index (χ2n) is 7.20. The first kappa shape index (κ1) is 18.8. The number of hydrogen-bond donors (Lipinski definition) is 2. The molecule has 1 heterocycles. The second kappa shape index (κ2) is 8.25. The maximum Gasteiger partial charge on any atom is 0.250 e. The van der Waals surface area contributed by atoms with Crippen molar-refractivity contribution in [1.82, 2.24) is 10.3 Å². The zero-order chi connectivity index (χ0) is 20.2. The molecule has 3 N–H and O–H groups in total. The highest BCUT2D eigenvalue weighted by Crippen LogP contribution is 2.25. The molecule has 0 saturated carbocycles. The topological polar surface area (TPSA) is 68.0 Å². The molecule has 1 atom stereocenters. The van der Waals surface area contributed by atoms with E-state index in [1.165, 1.54) is 28.1 Å². The average Bonchev–Trinajstić information content (AvgIpc) is 2.77. The van der Waals surface area contributed by atoms with Gasteiger partial charge in [-0.15, -0.1) is 0 Å². The largest absolute Gasteiger partial charge is 0.366 e. The van der Waals surface area contributed by atoms with E-state index < -0.39 is 5.91 Å². The Morgan fingerprint density at radius 2 is 1.76 bits per heavy atom. The molecule has 0 radical (unpaired) electrons. The fourth-order valence-electron chi connectivity index (χ4n) is 3.60. The third-order valence-corrected chi connectivity index (χ3v) is 5.19. The molecule has 0 aliphatic carbocycles. The number of nitrogens with one attached hydrogen (secondary N) is 1. The quantitative estimate of drug-likeness (QED) is 0.502. The summed E-state index contributed by atoms with van der Waals surface area (Å²) in [6, 6.07) is 25.1. The number of primary amides is 1. The normalized spacial score (nSPS) is 12.0. The molecule has 0 fully saturated rings. The Labute approximate surface area is 170 Å². The van der Waals surface area contributed by atoms with Gasteiger partial charge in [-0.2, -0.15) is 0 Å². The summed E-state index contributed by atoms with van der Waals surface area (Å²) in [5.41, 5.74) is 10.1. The molecule has 0 spiro atoms. The van der Waals surface area contributed by atoms with Crippen LogP contribution in [-0.2, 0) is 6.54 Å². The molecule has 0 aliphatic rings. The summed E-state index contributed by atoms with van der Waals surface area (Å²) in [5.74, 6) is -0.471. The van der Waals surface area contributed by atoms with Gasteiger partial charge in [-0.3, -0.25) is 9.78 Å². The fraction of sp³-hybridized carbons (Fsp3) is 0.120. The molecule has 4 heteroatoms. The lowest BCUT2D eigenvalue weighted by atomic mass is 9.99. The van der Waals surface area contributed by atoms with Crippen LogP contribution in [0.25, 0.3) is 21.9 Å². The third-order valence-electron chi connectivity index (χ3n) is 5.19. The van der Waals surface area contributed by atoms with Gasteiger partial charge in [0, 0.05) is 30.5 Å². The zero-order valence-electron chi connectivity index (χ0n) is 16.3. The maximum atomic E-state index is 11.4. The Morgan fingerprint density at radius 3 is 2.62 bits per heavy atom. The molecular formula is C25H23N3O. The molecule has 0 saturated heterocycles.